The Labute approximate surface area is 127 Å². The number of rotatable bonds is 10. The molecule has 1 rings (SSSR count). The van der Waals surface area contributed by atoms with Crippen molar-refractivity contribution in [2.45, 2.75) is 39.5 Å². The highest BCUT2D eigenvalue weighted by Gasteiger charge is 2.18. The fraction of sp³-hybridized carbons (Fsp3) is 0.588. The summed E-state index contributed by atoms with van der Waals surface area (Å²) in [5, 5.41) is 12.2. The molecule has 118 valence electrons. The summed E-state index contributed by atoms with van der Waals surface area (Å²) in [5.74, 6) is 0.169. The van der Waals surface area contributed by atoms with Crippen molar-refractivity contribution in [2.75, 3.05) is 20.2 Å². The van der Waals surface area contributed by atoms with Crippen molar-refractivity contribution >= 4 is 5.97 Å². The van der Waals surface area contributed by atoms with E-state index in [2.05, 4.69) is 31.3 Å². The summed E-state index contributed by atoms with van der Waals surface area (Å²) in [5.41, 5.74) is 1.36. The van der Waals surface area contributed by atoms with E-state index in [0.29, 0.717) is 0 Å². The van der Waals surface area contributed by atoms with Crippen LogP contribution in [0.15, 0.2) is 24.3 Å². The third kappa shape index (κ3) is 7.71. The van der Waals surface area contributed by atoms with E-state index in [-0.39, 0.29) is 11.8 Å². The van der Waals surface area contributed by atoms with Gasteiger partial charge in [0.15, 0.2) is 0 Å². The molecule has 0 fully saturated rings. The normalized spacial score (nSPS) is 11.4. The van der Waals surface area contributed by atoms with Gasteiger partial charge in [0.05, 0.1) is 7.11 Å². The molecule has 4 heteroatoms. The molecule has 0 saturated carbocycles. The van der Waals surface area contributed by atoms with Crippen LogP contribution in [0.5, 0.6) is 5.75 Å². The topological polar surface area (TPSA) is 58.6 Å². The number of aliphatic carboxylic acids is 1. The lowest BCUT2D eigenvalue weighted by atomic mass is 9.84. The summed E-state index contributed by atoms with van der Waals surface area (Å²) in [6.45, 7) is 6.10. The second-order valence-corrected chi connectivity index (χ2v) is 6.16. The quantitative estimate of drug-likeness (QED) is 0.651. The molecule has 1 aromatic rings. The number of benzene rings is 1. The SMILES string of the molecule is COc1ccc(CCNCCC(C)(C)CCC(=O)O)cc1. The monoisotopic (exact) mass is 293 g/mol. The van der Waals surface area contributed by atoms with Gasteiger partial charge in [-0.25, -0.2) is 0 Å². The predicted octanol–water partition coefficient (Wildman–Crippen LogP) is 3.11. The molecule has 0 aliphatic carbocycles. The molecule has 0 aliphatic heterocycles. The van der Waals surface area contributed by atoms with E-state index in [0.717, 1.165) is 38.1 Å². The summed E-state index contributed by atoms with van der Waals surface area (Å²) in [6, 6.07) is 8.11. The van der Waals surface area contributed by atoms with Crippen LogP contribution in [0.25, 0.3) is 0 Å². The van der Waals surface area contributed by atoms with Gasteiger partial charge in [-0.3, -0.25) is 4.79 Å². The maximum Gasteiger partial charge on any atom is 0.303 e. The van der Waals surface area contributed by atoms with E-state index in [1.165, 1.54) is 5.56 Å². The maximum absolute atomic E-state index is 10.6. The number of methoxy groups -OCH3 is 1. The lowest BCUT2D eigenvalue weighted by Crippen LogP contribution is -2.24. The Morgan fingerprint density at radius 3 is 2.43 bits per heavy atom. The van der Waals surface area contributed by atoms with Crippen molar-refractivity contribution in [3.8, 4) is 5.75 Å². The van der Waals surface area contributed by atoms with Crippen LogP contribution in [0.3, 0.4) is 0 Å². The van der Waals surface area contributed by atoms with Crippen LogP contribution in [-0.2, 0) is 11.2 Å². The second-order valence-electron chi connectivity index (χ2n) is 6.16. The van der Waals surface area contributed by atoms with Crippen LogP contribution in [0, 0.1) is 5.41 Å². The molecule has 0 heterocycles. The first-order chi connectivity index (χ1) is 9.93. The number of carboxylic acids is 1. The van der Waals surface area contributed by atoms with Crippen molar-refractivity contribution < 1.29 is 14.6 Å². The Balaban J connectivity index is 2.17. The number of hydrogen-bond donors (Lipinski definition) is 2. The smallest absolute Gasteiger partial charge is 0.303 e. The minimum atomic E-state index is -0.712. The Morgan fingerprint density at radius 2 is 1.86 bits per heavy atom. The zero-order valence-corrected chi connectivity index (χ0v) is 13.3. The van der Waals surface area contributed by atoms with E-state index < -0.39 is 5.97 Å². The molecule has 0 bridgehead atoms. The van der Waals surface area contributed by atoms with Crippen molar-refractivity contribution in [3.63, 3.8) is 0 Å². The molecule has 0 aromatic heterocycles. The van der Waals surface area contributed by atoms with E-state index in [1.807, 2.05) is 12.1 Å². The van der Waals surface area contributed by atoms with Crippen LogP contribution < -0.4 is 10.1 Å². The van der Waals surface area contributed by atoms with Crippen molar-refractivity contribution in [1.29, 1.82) is 0 Å². The molecule has 0 saturated heterocycles. The van der Waals surface area contributed by atoms with Gasteiger partial charge >= 0.3 is 5.97 Å². The predicted molar refractivity (Wildman–Crippen MR) is 84.8 cm³/mol. The number of carbonyl (C=O) groups is 1. The molecule has 1 aromatic carbocycles. The first-order valence-corrected chi connectivity index (χ1v) is 7.48. The summed E-state index contributed by atoms with van der Waals surface area (Å²) in [4.78, 5) is 10.6. The van der Waals surface area contributed by atoms with Gasteiger partial charge in [0.25, 0.3) is 0 Å². The fourth-order valence-corrected chi connectivity index (χ4v) is 2.15. The Bertz CT molecular complexity index is 426. The van der Waals surface area contributed by atoms with Gasteiger partial charge in [-0.2, -0.15) is 0 Å². The van der Waals surface area contributed by atoms with Crippen molar-refractivity contribution in [1.82, 2.24) is 5.32 Å². The molecular weight excluding hydrogens is 266 g/mol. The van der Waals surface area contributed by atoms with Gasteiger partial charge in [-0.1, -0.05) is 26.0 Å². The Hall–Kier alpha value is -1.55. The van der Waals surface area contributed by atoms with Gasteiger partial charge in [0, 0.05) is 6.42 Å². The van der Waals surface area contributed by atoms with E-state index in [4.69, 9.17) is 9.84 Å². The van der Waals surface area contributed by atoms with Gasteiger partial charge in [0.1, 0.15) is 5.75 Å². The highest BCUT2D eigenvalue weighted by Crippen LogP contribution is 2.25. The van der Waals surface area contributed by atoms with Gasteiger partial charge in [-0.15, -0.1) is 0 Å². The van der Waals surface area contributed by atoms with Gasteiger partial charge < -0.3 is 15.2 Å². The molecule has 0 spiro atoms. The van der Waals surface area contributed by atoms with Gasteiger partial charge in [-0.05, 0) is 55.5 Å². The van der Waals surface area contributed by atoms with Gasteiger partial charge in [0.2, 0.25) is 0 Å². The molecule has 0 amide bonds. The lowest BCUT2D eigenvalue weighted by molar-refractivity contribution is -0.137. The van der Waals surface area contributed by atoms with E-state index in [1.54, 1.807) is 7.11 Å². The van der Waals surface area contributed by atoms with E-state index in [9.17, 15) is 4.79 Å². The van der Waals surface area contributed by atoms with Crippen molar-refractivity contribution in [3.05, 3.63) is 29.8 Å². The lowest BCUT2D eigenvalue weighted by Gasteiger charge is -2.23. The first-order valence-electron chi connectivity index (χ1n) is 7.48. The summed E-state index contributed by atoms with van der Waals surface area (Å²) >= 11 is 0. The molecule has 4 nitrogen and oxygen atoms in total. The molecule has 0 aliphatic rings. The zero-order chi connectivity index (χ0) is 15.7. The molecule has 0 atom stereocenters. The van der Waals surface area contributed by atoms with Crippen molar-refractivity contribution in [2.24, 2.45) is 5.41 Å². The largest absolute Gasteiger partial charge is 0.497 e. The number of nitrogens with one attached hydrogen (secondary N) is 1. The van der Waals surface area contributed by atoms with Crippen LogP contribution in [0.4, 0.5) is 0 Å². The molecule has 2 N–H and O–H groups in total. The average molecular weight is 293 g/mol. The van der Waals surface area contributed by atoms with Crippen LogP contribution in [0.1, 0.15) is 38.7 Å². The Kier molecular flexibility index (Phi) is 7.23. The third-order valence-corrected chi connectivity index (χ3v) is 3.74. The Morgan fingerprint density at radius 1 is 1.19 bits per heavy atom. The number of carboxylic acid groups (broad SMARTS) is 1. The molecule has 0 unspecified atom stereocenters. The number of ether oxygens (including phenoxy) is 1. The van der Waals surface area contributed by atoms with Crippen LogP contribution in [0.2, 0.25) is 0 Å². The second kappa shape index (κ2) is 8.67. The highest BCUT2D eigenvalue weighted by molar-refractivity contribution is 5.66. The zero-order valence-electron chi connectivity index (χ0n) is 13.3. The van der Waals surface area contributed by atoms with Crippen LogP contribution >= 0.6 is 0 Å². The average Bonchev–Trinajstić information content (AvgIpc) is 2.45. The van der Waals surface area contributed by atoms with Crippen LogP contribution in [-0.4, -0.2) is 31.3 Å². The fourth-order valence-electron chi connectivity index (χ4n) is 2.15. The highest BCUT2D eigenvalue weighted by atomic mass is 16.5. The number of hydrogen-bond acceptors (Lipinski definition) is 3. The summed E-state index contributed by atoms with van der Waals surface area (Å²) in [7, 11) is 1.67. The molecule has 21 heavy (non-hydrogen) atoms. The first kappa shape index (κ1) is 17.5. The minimum Gasteiger partial charge on any atom is -0.497 e. The summed E-state index contributed by atoms with van der Waals surface area (Å²) < 4.78 is 5.13. The summed E-state index contributed by atoms with van der Waals surface area (Å²) in [6.07, 6.45) is 2.95. The standard InChI is InChI=1S/C17H27NO3/c1-17(2,10-8-16(19)20)11-13-18-12-9-14-4-6-15(21-3)7-5-14/h4-7,18H,8-13H2,1-3H3,(H,19,20). The maximum atomic E-state index is 10.6. The third-order valence-electron chi connectivity index (χ3n) is 3.74. The van der Waals surface area contributed by atoms with E-state index >= 15 is 0 Å². The minimum absolute atomic E-state index is 0.0749. The molecule has 0 radical (unpaired) electrons. The molecular formula is C17H27NO3.